The van der Waals surface area contributed by atoms with Gasteiger partial charge in [-0.1, -0.05) is 38.5 Å². The van der Waals surface area contributed by atoms with Crippen LogP contribution in [0.1, 0.15) is 32.8 Å². The average Bonchev–Trinajstić information content (AvgIpc) is 2.54. The first-order valence-corrected chi connectivity index (χ1v) is 7.91. The van der Waals surface area contributed by atoms with E-state index in [-0.39, 0.29) is 0 Å². The Morgan fingerprint density at radius 3 is 1.59 bits per heavy atom. The molecule has 4 N–H and O–H groups in total. The fourth-order valence-corrected chi connectivity index (χ4v) is 1.76. The van der Waals surface area contributed by atoms with E-state index in [1.54, 1.807) is 0 Å². The van der Waals surface area contributed by atoms with Crippen molar-refractivity contribution in [3.63, 3.8) is 0 Å². The Labute approximate surface area is 135 Å². The Hall–Kier alpha value is -2.16. The van der Waals surface area contributed by atoms with E-state index in [9.17, 15) is 0 Å². The summed E-state index contributed by atoms with van der Waals surface area (Å²) in [5.41, 5.74) is 15.1. The maximum Gasteiger partial charge on any atom is 0.0365 e. The summed E-state index contributed by atoms with van der Waals surface area (Å²) in [6, 6.07) is 15.7. The van der Waals surface area contributed by atoms with Crippen LogP contribution in [0.4, 0.5) is 17.1 Å². The van der Waals surface area contributed by atoms with Crippen LogP contribution in [-0.2, 0) is 0 Å². The highest BCUT2D eigenvalue weighted by atomic mass is 15.1. The van der Waals surface area contributed by atoms with Crippen molar-refractivity contribution < 1.29 is 0 Å². The number of rotatable bonds is 3. The molecular formula is C19H31N3. The van der Waals surface area contributed by atoms with Gasteiger partial charge < -0.3 is 16.4 Å². The van der Waals surface area contributed by atoms with Crippen LogP contribution < -0.4 is 16.4 Å². The highest BCUT2D eigenvalue weighted by Gasteiger charge is 1.97. The van der Waals surface area contributed by atoms with Crippen LogP contribution in [0, 0.1) is 6.92 Å². The molecular weight excluding hydrogens is 270 g/mol. The normalized spacial score (nSPS) is 8.95. The summed E-state index contributed by atoms with van der Waals surface area (Å²) in [4.78, 5) is 2.22. The summed E-state index contributed by atoms with van der Waals surface area (Å²) >= 11 is 0. The van der Waals surface area contributed by atoms with E-state index in [0.717, 1.165) is 17.9 Å². The summed E-state index contributed by atoms with van der Waals surface area (Å²) in [7, 11) is 2.09. The molecule has 0 saturated carbocycles. The van der Waals surface area contributed by atoms with Crippen molar-refractivity contribution in [2.75, 3.05) is 30.0 Å². The van der Waals surface area contributed by atoms with Crippen molar-refractivity contribution in [1.29, 1.82) is 0 Å². The molecule has 0 unspecified atom stereocenters. The Morgan fingerprint density at radius 2 is 1.23 bits per heavy atom. The van der Waals surface area contributed by atoms with Crippen LogP contribution in [0.3, 0.4) is 0 Å². The Bertz CT molecular complexity index is 468. The first-order valence-electron chi connectivity index (χ1n) is 7.91. The lowest BCUT2D eigenvalue weighted by molar-refractivity contribution is 0.852. The quantitative estimate of drug-likeness (QED) is 0.807. The molecule has 0 aliphatic heterocycles. The molecule has 0 atom stereocenters. The van der Waals surface area contributed by atoms with E-state index in [1.807, 2.05) is 69.3 Å². The van der Waals surface area contributed by atoms with Gasteiger partial charge in [-0.05, 0) is 49.7 Å². The summed E-state index contributed by atoms with van der Waals surface area (Å²) in [5, 5.41) is 0. The first kappa shape index (κ1) is 19.8. The second kappa shape index (κ2) is 11.5. The van der Waals surface area contributed by atoms with Crippen LogP contribution in [-0.4, -0.2) is 13.6 Å². The van der Waals surface area contributed by atoms with Crippen molar-refractivity contribution in [3.05, 3.63) is 54.1 Å². The molecule has 0 radical (unpaired) electrons. The molecule has 0 heterocycles. The largest absolute Gasteiger partial charge is 0.399 e. The van der Waals surface area contributed by atoms with Gasteiger partial charge in [-0.3, -0.25) is 0 Å². The molecule has 0 aliphatic carbocycles. The van der Waals surface area contributed by atoms with Gasteiger partial charge >= 0.3 is 0 Å². The van der Waals surface area contributed by atoms with Crippen LogP contribution in [0.2, 0.25) is 0 Å². The Morgan fingerprint density at radius 1 is 0.818 bits per heavy atom. The number of hydrogen-bond donors (Lipinski definition) is 2. The molecule has 0 bridgehead atoms. The minimum atomic E-state index is 0.823. The van der Waals surface area contributed by atoms with Crippen LogP contribution >= 0.6 is 0 Å². The number of benzene rings is 2. The Balaban J connectivity index is 0.000000382. The summed E-state index contributed by atoms with van der Waals surface area (Å²) in [6.07, 6.45) is 1.17. The standard InChI is InChI=1S/C10H16N2.C7H9N.C2H6/c1-3-8-12(2)10-6-4-9(11)5-7-10;1-6-2-4-7(8)5-3-6;1-2/h4-7H,3,8,11H2,1-2H3;2-5H,8H2,1H3;1-2H3. The average molecular weight is 301 g/mol. The molecule has 2 aromatic carbocycles. The molecule has 0 fully saturated rings. The van der Waals surface area contributed by atoms with Crippen LogP contribution in [0.25, 0.3) is 0 Å². The molecule has 0 spiro atoms. The van der Waals surface area contributed by atoms with Gasteiger partial charge in [0.1, 0.15) is 0 Å². The molecule has 3 nitrogen and oxygen atoms in total. The lowest BCUT2D eigenvalue weighted by Crippen LogP contribution is -2.17. The topological polar surface area (TPSA) is 55.3 Å². The van der Waals surface area contributed by atoms with Gasteiger partial charge in [0.25, 0.3) is 0 Å². The predicted molar refractivity (Wildman–Crippen MR) is 101 cm³/mol. The zero-order valence-corrected chi connectivity index (χ0v) is 14.6. The number of nitrogens with zero attached hydrogens (tertiary/aromatic N) is 1. The summed E-state index contributed by atoms with van der Waals surface area (Å²) < 4.78 is 0. The molecule has 0 amide bonds. The van der Waals surface area contributed by atoms with Crippen molar-refractivity contribution in [3.8, 4) is 0 Å². The van der Waals surface area contributed by atoms with Crippen LogP contribution in [0.15, 0.2) is 48.5 Å². The summed E-state index contributed by atoms with van der Waals surface area (Å²) in [5.74, 6) is 0. The van der Waals surface area contributed by atoms with Gasteiger partial charge in [0.05, 0.1) is 0 Å². The summed E-state index contributed by atoms with van der Waals surface area (Å²) in [6.45, 7) is 9.30. The molecule has 2 rings (SSSR count). The van der Waals surface area contributed by atoms with Gasteiger partial charge in [-0.25, -0.2) is 0 Å². The molecule has 122 valence electrons. The van der Waals surface area contributed by atoms with Crippen molar-refractivity contribution in [1.82, 2.24) is 0 Å². The predicted octanol–water partition coefficient (Wildman–Crippen LogP) is 4.72. The smallest absolute Gasteiger partial charge is 0.0365 e. The van der Waals surface area contributed by atoms with E-state index in [4.69, 9.17) is 11.5 Å². The third kappa shape index (κ3) is 8.20. The molecule has 3 heteroatoms. The molecule has 2 aromatic rings. The lowest BCUT2D eigenvalue weighted by atomic mass is 10.2. The zero-order valence-electron chi connectivity index (χ0n) is 14.6. The monoisotopic (exact) mass is 301 g/mol. The van der Waals surface area contributed by atoms with Gasteiger partial charge in [-0.15, -0.1) is 0 Å². The van der Waals surface area contributed by atoms with Gasteiger partial charge in [0, 0.05) is 30.7 Å². The fourth-order valence-electron chi connectivity index (χ4n) is 1.76. The SMILES string of the molecule is CC.CCCN(C)c1ccc(N)cc1.Cc1ccc(N)cc1. The molecule has 0 aromatic heterocycles. The number of aryl methyl sites for hydroxylation is 1. The van der Waals surface area contributed by atoms with E-state index in [1.165, 1.54) is 17.7 Å². The van der Waals surface area contributed by atoms with E-state index in [2.05, 4.69) is 18.9 Å². The maximum absolute atomic E-state index is 5.58. The van der Waals surface area contributed by atoms with Crippen molar-refractivity contribution >= 4 is 17.1 Å². The highest BCUT2D eigenvalue weighted by molar-refractivity contribution is 5.52. The highest BCUT2D eigenvalue weighted by Crippen LogP contribution is 2.14. The number of nitrogens with two attached hydrogens (primary N) is 2. The van der Waals surface area contributed by atoms with Crippen molar-refractivity contribution in [2.24, 2.45) is 0 Å². The van der Waals surface area contributed by atoms with E-state index in [0.29, 0.717) is 0 Å². The number of hydrogen-bond acceptors (Lipinski definition) is 3. The molecule has 0 saturated heterocycles. The first-order chi connectivity index (χ1) is 10.5. The van der Waals surface area contributed by atoms with Crippen molar-refractivity contribution in [2.45, 2.75) is 34.1 Å². The number of anilines is 3. The minimum Gasteiger partial charge on any atom is -0.399 e. The fraction of sp³-hybridized carbons (Fsp3) is 0.368. The molecule has 0 aliphatic rings. The van der Waals surface area contributed by atoms with Gasteiger partial charge in [0.2, 0.25) is 0 Å². The number of nitrogen functional groups attached to an aromatic ring is 2. The minimum absolute atomic E-state index is 0.823. The third-order valence-electron chi connectivity index (χ3n) is 2.97. The van der Waals surface area contributed by atoms with E-state index < -0.39 is 0 Å². The third-order valence-corrected chi connectivity index (χ3v) is 2.97. The Kier molecular flexibility index (Phi) is 10.4. The van der Waals surface area contributed by atoms with E-state index >= 15 is 0 Å². The zero-order chi connectivity index (χ0) is 17.0. The lowest BCUT2D eigenvalue weighted by Gasteiger charge is -2.17. The van der Waals surface area contributed by atoms with Gasteiger partial charge in [-0.2, -0.15) is 0 Å². The second-order valence-corrected chi connectivity index (χ2v) is 4.92. The molecule has 22 heavy (non-hydrogen) atoms. The van der Waals surface area contributed by atoms with Gasteiger partial charge in [0.15, 0.2) is 0 Å². The second-order valence-electron chi connectivity index (χ2n) is 4.92. The maximum atomic E-state index is 5.58. The van der Waals surface area contributed by atoms with Crippen LogP contribution in [0.5, 0.6) is 0 Å².